The van der Waals surface area contributed by atoms with Crippen molar-refractivity contribution in [3.63, 3.8) is 0 Å². The summed E-state index contributed by atoms with van der Waals surface area (Å²) in [6.45, 7) is 4.28. The van der Waals surface area contributed by atoms with Crippen LogP contribution in [0.5, 0.6) is 5.75 Å². The fourth-order valence-corrected chi connectivity index (χ4v) is 3.25. The number of ether oxygens (including phenoxy) is 1. The number of hydrogen-bond acceptors (Lipinski definition) is 5. The van der Waals surface area contributed by atoms with E-state index in [2.05, 4.69) is 29.4 Å². The molecule has 3 rings (SSSR count). The number of methoxy groups -OCH3 is 1. The summed E-state index contributed by atoms with van der Waals surface area (Å²) in [5.74, 6) is 1.42. The van der Waals surface area contributed by atoms with Crippen LogP contribution in [-0.4, -0.2) is 33.5 Å². The number of aromatic nitrogens is 3. The van der Waals surface area contributed by atoms with E-state index in [-0.39, 0.29) is 11.7 Å². The maximum atomic E-state index is 12.3. The summed E-state index contributed by atoms with van der Waals surface area (Å²) in [5, 5.41) is 11.6. The number of hydrogen-bond donors (Lipinski definition) is 1. The average Bonchev–Trinajstić information content (AvgIpc) is 3.15. The maximum Gasteiger partial charge on any atom is 0.234 e. The van der Waals surface area contributed by atoms with Gasteiger partial charge in [0.1, 0.15) is 12.1 Å². The van der Waals surface area contributed by atoms with Crippen molar-refractivity contribution in [2.45, 2.75) is 24.9 Å². The van der Waals surface area contributed by atoms with Crippen molar-refractivity contribution in [3.05, 3.63) is 60.4 Å². The quantitative estimate of drug-likeness (QED) is 0.622. The Labute approximate surface area is 163 Å². The molecule has 0 saturated heterocycles. The van der Waals surface area contributed by atoms with E-state index in [0.29, 0.717) is 11.1 Å². The van der Waals surface area contributed by atoms with Gasteiger partial charge in [-0.25, -0.2) is 0 Å². The summed E-state index contributed by atoms with van der Waals surface area (Å²) in [6, 6.07) is 15.5. The van der Waals surface area contributed by atoms with Crippen LogP contribution in [-0.2, 0) is 4.79 Å². The first kappa shape index (κ1) is 19.0. The molecule has 1 N–H and O–H groups in total. The number of nitrogens with zero attached hydrogens (tertiary/aromatic N) is 3. The Balaban J connectivity index is 1.60. The van der Waals surface area contributed by atoms with Gasteiger partial charge in [-0.05, 0) is 47.9 Å². The lowest BCUT2D eigenvalue weighted by molar-refractivity contribution is -0.113. The second-order valence-electron chi connectivity index (χ2n) is 6.30. The SMILES string of the molecule is COc1ccc(-n2cnnc2SCC(=O)Nc2ccc(C(C)C)cc2)cc1. The molecule has 0 aliphatic carbocycles. The Morgan fingerprint density at radius 1 is 1.15 bits per heavy atom. The molecule has 1 amide bonds. The number of carbonyl (C=O) groups is 1. The monoisotopic (exact) mass is 382 g/mol. The minimum atomic E-state index is -0.0819. The van der Waals surface area contributed by atoms with Crippen molar-refractivity contribution in [3.8, 4) is 11.4 Å². The normalized spacial score (nSPS) is 10.8. The van der Waals surface area contributed by atoms with Crippen LogP contribution in [0.3, 0.4) is 0 Å². The summed E-state index contributed by atoms with van der Waals surface area (Å²) < 4.78 is 7.02. The van der Waals surface area contributed by atoms with Crippen molar-refractivity contribution < 1.29 is 9.53 Å². The van der Waals surface area contributed by atoms with Gasteiger partial charge in [-0.15, -0.1) is 10.2 Å². The van der Waals surface area contributed by atoms with Crippen LogP contribution < -0.4 is 10.1 Å². The molecule has 0 bridgehead atoms. The highest BCUT2D eigenvalue weighted by atomic mass is 32.2. The lowest BCUT2D eigenvalue weighted by atomic mass is 10.0. The number of anilines is 1. The fraction of sp³-hybridized carbons (Fsp3) is 0.250. The molecular formula is C20H22N4O2S. The molecule has 0 aliphatic heterocycles. The molecule has 2 aromatic carbocycles. The van der Waals surface area contributed by atoms with Gasteiger partial charge < -0.3 is 10.1 Å². The van der Waals surface area contributed by atoms with E-state index in [0.717, 1.165) is 17.1 Å². The molecule has 0 fully saturated rings. The van der Waals surface area contributed by atoms with Crippen LogP contribution >= 0.6 is 11.8 Å². The molecule has 0 unspecified atom stereocenters. The summed E-state index contributed by atoms with van der Waals surface area (Å²) in [7, 11) is 1.63. The first-order chi connectivity index (χ1) is 13.1. The van der Waals surface area contributed by atoms with Gasteiger partial charge in [-0.3, -0.25) is 9.36 Å². The highest BCUT2D eigenvalue weighted by Crippen LogP contribution is 2.22. The molecule has 1 aromatic heterocycles. The molecule has 27 heavy (non-hydrogen) atoms. The molecule has 7 heteroatoms. The highest BCUT2D eigenvalue weighted by Gasteiger charge is 2.11. The standard InChI is InChI=1S/C20H22N4O2S/c1-14(2)15-4-6-16(7-5-15)22-19(25)12-27-20-23-21-13-24(20)17-8-10-18(26-3)11-9-17/h4-11,13-14H,12H2,1-3H3,(H,22,25). The molecule has 0 aliphatic rings. The topological polar surface area (TPSA) is 69.0 Å². The highest BCUT2D eigenvalue weighted by molar-refractivity contribution is 7.99. The lowest BCUT2D eigenvalue weighted by Gasteiger charge is -2.09. The van der Waals surface area contributed by atoms with Crippen LogP contribution in [0, 0.1) is 0 Å². The molecular weight excluding hydrogens is 360 g/mol. The number of nitrogens with one attached hydrogen (secondary N) is 1. The van der Waals surface area contributed by atoms with E-state index < -0.39 is 0 Å². The molecule has 1 heterocycles. The molecule has 3 aromatic rings. The van der Waals surface area contributed by atoms with Crippen molar-refractivity contribution in [2.24, 2.45) is 0 Å². The third-order valence-electron chi connectivity index (χ3n) is 4.06. The third kappa shape index (κ3) is 4.89. The molecule has 140 valence electrons. The number of benzene rings is 2. The zero-order chi connectivity index (χ0) is 19.2. The van der Waals surface area contributed by atoms with Gasteiger partial charge in [0.2, 0.25) is 5.91 Å². The van der Waals surface area contributed by atoms with Crippen molar-refractivity contribution >= 4 is 23.4 Å². The zero-order valence-corrected chi connectivity index (χ0v) is 16.4. The van der Waals surface area contributed by atoms with Gasteiger partial charge in [0.15, 0.2) is 5.16 Å². The summed E-state index contributed by atoms with van der Waals surface area (Å²) >= 11 is 1.34. The molecule has 6 nitrogen and oxygen atoms in total. The van der Waals surface area contributed by atoms with Gasteiger partial charge >= 0.3 is 0 Å². The smallest absolute Gasteiger partial charge is 0.234 e. The predicted molar refractivity (Wildman–Crippen MR) is 108 cm³/mol. The van der Waals surface area contributed by atoms with Gasteiger partial charge in [-0.2, -0.15) is 0 Å². The molecule has 0 radical (unpaired) electrons. The van der Waals surface area contributed by atoms with Crippen LogP contribution in [0.1, 0.15) is 25.3 Å². The fourth-order valence-electron chi connectivity index (χ4n) is 2.52. The van der Waals surface area contributed by atoms with Gasteiger partial charge in [0.25, 0.3) is 0 Å². The number of amides is 1. The second kappa shape index (κ2) is 8.73. The van der Waals surface area contributed by atoms with Gasteiger partial charge in [0.05, 0.1) is 12.9 Å². The molecule has 0 spiro atoms. The second-order valence-corrected chi connectivity index (χ2v) is 7.24. The van der Waals surface area contributed by atoms with Crippen molar-refractivity contribution in [2.75, 3.05) is 18.2 Å². The number of carbonyl (C=O) groups excluding carboxylic acids is 1. The summed E-state index contributed by atoms with van der Waals surface area (Å²) in [6.07, 6.45) is 1.63. The van der Waals surface area contributed by atoms with E-state index >= 15 is 0 Å². The number of thioether (sulfide) groups is 1. The number of rotatable bonds is 7. The van der Waals surface area contributed by atoms with Crippen LogP contribution in [0.15, 0.2) is 60.0 Å². The van der Waals surface area contributed by atoms with Crippen LogP contribution in [0.4, 0.5) is 5.69 Å². The van der Waals surface area contributed by atoms with E-state index in [1.165, 1.54) is 17.3 Å². The van der Waals surface area contributed by atoms with Gasteiger partial charge in [-0.1, -0.05) is 37.7 Å². The van der Waals surface area contributed by atoms with E-state index in [4.69, 9.17) is 4.74 Å². The summed E-state index contributed by atoms with van der Waals surface area (Å²) in [5.41, 5.74) is 2.95. The maximum absolute atomic E-state index is 12.3. The van der Waals surface area contributed by atoms with E-state index in [1.54, 1.807) is 13.4 Å². The Bertz CT molecular complexity index is 889. The lowest BCUT2D eigenvalue weighted by Crippen LogP contribution is -2.14. The Morgan fingerprint density at radius 3 is 2.48 bits per heavy atom. The Kier molecular flexibility index (Phi) is 6.13. The zero-order valence-electron chi connectivity index (χ0n) is 15.5. The average molecular weight is 382 g/mol. The molecule has 0 saturated carbocycles. The van der Waals surface area contributed by atoms with Gasteiger partial charge in [0, 0.05) is 11.4 Å². The Hall–Kier alpha value is -2.80. The van der Waals surface area contributed by atoms with E-state index in [1.807, 2.05) is 53.1 Å². The van der Waals surface area contributed by atoms with Crippen molar-refractivity contribution in [1.82, 2.24) is 14.8 Å². The first-order valence-corrected chi connectivity index (χ1v) is 9.62. The van der Waals surface area contributed by atoms with E-state index in [9.17, 15) is 4.79 Å². The minimum Gasteiger partial charge on any atom is -0.497 e. The minimum absolute atomic E-state index is 0.0819. The predicted octanol–water partition coefficient (Wildman–Crippen LogP) is 4.13. The Morgan fingerprint density at radius 2 is 1.85 bits per heavy atom. The van der Waals surface area contributed by atoms with Crippen LogP contribution in [0.2, 0.25) is 0 Å². The van der Waals surface area contributed by atoms with Crippen molar-refractivity contribution in [1.29, 1.82) is 0 Å². The first-order valence-electron chi connectivity index (χ1n) is 8.64. The summed E-state index contributed by atoms with van der Waals surface area (Å²) in [4.78, 5) is 12.3. The largest absolute Gasteiger partial charge is 0.497 e. The third-order valence-corrected chi connectivity index (χ3v) is 5.00. The molecule has 0 atom stereocenters. The van der Waals surface area contributed by atoms with Crippen LogP contribution in [0.25, 0.3) is 5.69 Å².